The highest BCUT2D eigenvalue weighted by Crippen LogP contribution is 2.30. The van der Waals surface area contributed by atoms with Crippen molar-refractivity contribution in [2.24, 2.45) is 0 Å². The predicted molar refractivity (Wildman–Crippen MR) is 89.2 cm³/mol. The van der Waals surface area contributed by atoms with Crippen LogP contribution in [-0.4, -0.2) is 16.5 Å². The predicted octanol–water partition coefficient (Wildman–Crippen LogP) is 4.32. The van der Waals surface area contributed by atoms with Gasteiger partial charge in [0.2, 0.25) is 0 Å². The molecule has 1 aromatic heterocycles. The van der Waals surface area contributed by atoms with Crippen molar-refractivity contribution in [3.8, 4) is 0 Å². The van der Waals surface area contributed by atoms with Crippen molar-refractivity contribution in [1.29, 1.82) is 0 Å². The monoisotopic (exact) mass is 321 g/mol. The zero-order valence-electron chi connectivity index (χ0n) is 12.8. The molecule has 0 spiro atoms. The van der Waals surface area contributed by atoms with Gasteiger partial charge in [-0.25, -0.2) is 9.97 Å². The first-order chi connectivity index (χ1) is 10.0. The average Bonchev–Trinajstić information content (AvgIpc) is 2.45. The molecular weight excluding hydrogens is 302 g/mol. The van der Waals surface area contributed by atoms with E-state index >= 15 is 0 Å². The van der Waals surface area contributed by atoms with E-state index in [2.05, 4.69) is 29.1 Å². The molecule has 2 aromatic rings. The summed E-state index contributed by atoms with van der Waals surface area (Å²) in [7, 11) is 0. The Morgan fingerprint density at radius 3 is 2.43 bits per heavy atom. The number of hydrogen-bond donors (Lipinski definition) is 1. The summed E-state index contributed by atoms with van der Waals surface area (Å²) in [4.78, 5) is 10.3. The standard InChI is InChI=1S/C16H20ClN3S/c1-5-18-9-13-8-14(17)6-7-15(13)21-16-19-11(3)10(2)12(4)20-16/h6-8,18H,5,9H2,1-4H3. The molecule has 0 saturated carbocycles. The Morgan fingerprint density at radius 1 is 1.14 bits per heavy atom. The van der Waals surface area contributed by atoms with Crippen molar-refractivity contribution in [2.75, 3.05) is 6.54 Å². The number of aromatic nitrogens is 2. The maximum atomic E-state index is 6.10. The molecule has 0 fully saturated rings. The minimum absolute atomic E-state index is 0.754. The van der Waals surface area contributed by atoms with E-state index in [1.165, 1.54) is 5.56 Å². The molecule has 0 bridgehead atoms. The second kappa shape index (κ2) is 7.25. The first-order valence-electron chi connectivity index (χ1n) is 7.00. The van der Waals surface area contributed by atoms with Crippen molar-refractivity contribution in [3.05, 3.63) is 45.7 Å². The van der Waals surface area contributed by atoms with Crippen molar-refractivity contribution < 1.29 is 0 Å². The van der Waals surface area contributed by atoms with Crippen LogP contribution < -0.4 is 5.32 Å². The lowest BCUT2D eigenvalue weighted by molar-refractivity contribution is 0.717. The summed E-state index contributed by atoms with van der Waals surface area (Å²) in [5.41, 5.74) is 4.40. The summed E-state index contributed by atoms with van der Waals surface area (Å²) in [6, 6.07) is 5.95. The molecule has 112 valence electrons. The van der Waals surface area contributed by atoms with E-state index in [9.17, 15) is 0 Å². The molecule has 2 rings (SSSR count). The van der Waals surface area contributed by atoms with E-state index in [0.717, 1.165) is 45.1 Å². The van der Waals surface area contributed by atoms with Gasteiger partial charge in [0.15, 0.2) is 5.16 Å². The Bertz CT molecular complexity index is 620. The highest BCUT2D eigenvalue weighted by Gasteiger charge is 2.10. The number of rotatable bonds is 5. The molecule has 5 heteroatoms. The molecule has 0 saturated heterocycles. The summed E-state index contributed by atoms with van der Waals surface area (Å²) in [6.07, 6.45) is 0. The van der Waals surface area contributed by atoms with E-state index in [1.807, 2.05) is 32.0 Å². The van der Waals surface area contributed by atoms with Gasteiger partial charge in [-0.3, -0.25) is 0 Å². The van der Waals surface area contributed by atoms with Crippen molar-refractivity contribution >= 4 is 23.4 Å². The minimum atomic E-state index is 0.754. The summed E-state index contributed by atoms with van der Waals surface area (Å²) in [5, 5.41) is 4.88. The van der Waals surface area contributed by atoms with Crippen molar-refractivity contribution in [2.45, 2.75) is 44.3 Å². The van der Waals surface area contributed by atoms with Crippen molar-refractivity contribution in [3.63, 3.8) is 0 Å². The number of halogens is 1. The lowest BCUT2D eigenvalue weighted by Gasteiger charge is -2.11. The van der Waals surface area contributed by atoms with Crippen LogP contribution in [0, 0.1) is 20.8 Å². The average molecular weight is 322 g/mol. The fourth-order valence-electron chi connectivity index (χ4n) is 1.93. The zero-order chi connectivity index (χ0) is 15.4. The third-order valence-electron chi connectivity index (χ3n) is 3.40. The summed E-state index contributed by atoms with van der Waals surface area (Å²) in [6.45, 7) is 9.91. The molecule has 1 aromatic carbocycles. The van der Waals surface area contributed by atoms with Gasteiger partial charge >= 0.3 is 0 Å². The highest BCUT2D eigenvalue weighted by atomic mass is 35.5. The van der Waals surface area contributed by atoms with Gasteiger partial charge in [-0.1, -0.05) is 18.5 Å². The Balaban J connectivity index is 2.30. The number of benzene rings is 1. The zero-order valence-corrected chi connectivity index (χ0v) is 14.4. The smallest absolute Gasteiger partial charge is 0.192 e. The minimum Gasteiger partial charge on any atom is -0.313 e. The molecule has 3 nitrogen and oxygen atoms in total. The molecule has 1 N–H and O–H groups in total. The maximum absolute atomic E-state index is 6.10. The van der Waals surface area contributed by atoms with Crippen LogP contribution in [0.3, 0.4) is 0 Å². The number of aryl methyl sites for hydroxylation is 2. The van der Waals surface area contributed by atoms with E-state index in [-0.39, 0.29) is 0 Å². The van der Waals surface area contributed by atoms with Gasteiger partial charge in [0, 0.05) is 27.9 Å². The van der Waals surface area contributed by atoms with Gasteiger partial charge in [0.1, 0.15) is 0 Å². The lowest BCUT2D eigenvalue weighted by Crippen LogP contribution is -2.12. The largest absolute Gasteiger partial charge is 0.313 e. The second-order valence-corrected chi connectivity index (χ2v) is 6.38. The van der Waals surface area contributed by atoms with Crippen LogP contribution in [0.1, 0.15) is 29.4 Å². The molecule has 1 heterocycles. The maximum Gasteiger partial charge on any atom is 0.192 e. The SMILES string of the molecule is CCNCc1cc(Cl)ccc1Sc1nc(C)c(C)c(C)n1. The molecule has 0 aliphatic carbocycles. The molecule has 0 aliphatic rings. The van der Waals surface area contributed by atoms with Crippen molar-refractivity contribution in [1.82, 2.24) is 15.3 Å². The van der Waals surface area contributed by atoms with E-state index in [4.69, 9.17) is 11.6 Å². The molecule has 0 atom stereocenters. The third-order valence-corrected chi connectivity index (χ3v) is 4.62. The van der Waals surface area contributed by atoms with Crippen LogP contribution in [0.2, 0.25) is 5.02 Å². The topological polar surface area (TPSA) is 37.8 Å². The van der Waals surface area contributed by atoms with Crippen LogP contribution in [-0.2, 0) is 6.54 Å². The quantitative estimate of drug-likeness (QED) is 0.832. The normalized spacial score (nSPS) is 10.9. The lowest BCUT2D eigenvalue weighted by atomic mass is 10.2. The summed E-state index contributed by atoms with van der Waals surface area (Å²) in [5.74, 6) is 0. The Hall–Kier alpha value is -1.10. The van der Waals surface area contributed by atoms with E-state index in [1.54, 1.807) is 11.8 Å². The van der Waals surface area contributed by atoms with Gasteiger partial charge in [-0.05, 0) is 68.4 Å². The van der Waals surface area contributed by atoms with Crippen LogP contribution in [0.15, 0.2) is 28.3 Å². The van der Waals surface area contributed by atoms with E-state index in [0.29, 0.717) is 0 Å². The molecule has 0 unspecified atom stereocenters. The second-order valence-electron chi connectivity index (χ2n) is 4.94. The molecule has 0 amide bonds. The first-order valence-corrected chi connectivity index (χ1v) is 8.19. The highest BCUT2D eigenvalue weighted by molar-refractivity contribution is 7.99. The Morgan fingerprint density at radius 2 is 1.81 bits per heavy atom. The molecule has 21 heavy (non-hydrogen) atoms. The molecule has 0 aliphatic heterocycles. The fraction of sp³-hybridized carbons (Fsp3) is 0.375. The van der Waals surface area contributed by atoms with Gasteiger partial charge in [-0.15, -0.1) is 0 Å². The Labute approximate surface area is 135 Å². The molecule has 0 radical (unpaired) electrons. The van der Waals surface area contributed by atoms with Crippen LogP contribution >= 0.6 is 23.4 Å². The van der Waals surface area contributed by atoms with Crippen LogP contribution in [0.4, 0.5) is 0 Å². The van der Waals surface area contributed by atoms with Gasteiger partial charge in [-0.2, -0.15) is 0 Å². The number of nitrogens with zero attached hydrogens (tertiary/aromatic N) is 2. The Kier molecular flexibility index (Phi) is 5.62. The van der Waals surface area contributed by atoms with Crippen LogP contribution in [0.5, 0.6) is 0 Å². The number of nitrogens with one attached hydrogen (secondary N) is 1. The van der Waals surface area contributed by atoms with Gasteiger partial charge < -0.3 is 5.32 Å². The van der Waals surface area contributed by atoms with E-state index < -0.39 is 0 Å². The summed E-state index contributed by atoms with van der Waals surface area (Å²) < 4.78 is 0. The van der Waals surface area contributed by atoms with Gasteiger partial charge in [0.05, 0.1) is 0 Å². The molecular formula is C16H20ClN3S. The third kappa shape index (κ3) is 4.19. The van der Waals surface area contributed by atoms with Crippen LogP contribution in [0.25, 0.3) is 0 Å². The summed E-state index contributed by atoms with van der Waals surface area (Å²) >= 11 is 7.69. The number of hydrogen-bond acceptors (Lipinski definition) is 4. The fourth-order valence-corrected chi connectivity index (χ4v) is 3.09. The van der Waals surface area contributed by atoms with Gasteiger partial charge in [0.25, 0.3) is 0 Å². The first kappa shape index (κ1) is 16.3.